The van der Waals surface area contributed by atoms with E-state index >= 15 is 0 Å². The third-order valence-electron chi connectivity index (χ3n) is 4.82. The molecule has 4 rings (SSSR count). The second-order valence-electron chi connectivity index (χ2n) is 7.55. The van der Waals surface area contributed by atoms with E-state index in [1.54, 1.807) is 29.2 Å². The molecule has 0 saturated carbocycles. The van der Waals surface area contributed by atoms with Crippen LogP contribution in [0.3, 0.4) is 0 Å². The molecule has 33 heavy (non-hydrogen) atoms. The summed E-state index contributed by atoms with van der Waals surface area (Å²) < 4.78 is 2.71. The SMILES string of the molecule is CN(C)CCNC(=O)c1ccc(/C=N/Nc2ncnc3c2cnn3-c2cccc(Br)c2)cc1. The first kappa shape index (κ1) is 22.6. The molecule has 0 aliphatic heterocycles. The topological polar surface area (TPSA) is 100 Å². The average molecular weight is 507 g/mol. The summed E-state index contributed by atoms with van der Waals surface area (Å²) >= 11 is 3.48. The highest BCUT2D eigenvalue weighted by Crippen LogP contribution is 2.23. The Labute approximate surface area is 199 Å². The van der Waals surface area contributed by atoms with E-state index < -0.39 is 0 Å². The van der Waals surface area contributed by atoms with E-state index in [2.05, 4.69) is 46.8 Å². The quantitative estimate of drug-likeness (QED) is 0.281. The van der Waals surface area contributed by atoms with Gasteiger partial charge in [0.25, 0.3) is 5.91 Å². The van der Waals surface area contributed by atoms with E-state index in [9.17, 15) is 4.79 Å². The molecule has 0 aliphatic rings. The first-order valence-corrected chi connectivity index (χ1v) is 11.1. The van der Waals surface area contributed by atoms with Crippen molar-refractivity contribution in [2.75, 3.05) is 32.6 Å². The van der Waals surface area contributed by atoms with Crippen molar-refractivity contribution >= 4 is 44.9 Å². The molecule has 0 aliphatic carbocycles. The van der Waals surface area contributed by atoms with E-state index in [4.69, 9.17) is 0 Å². The number of hydrogen-bond acceptors (Lipinski definition) is 7. The van der Waals surface area contributed by atoms with Gasteiger partial charge in [0, 0.05) is 23.1 Å². The molecular weight excluding hydrogens is 484 g/mol. The number of rotatable bonds is 8. The molecule has 2 N–H and O–H groups in total. The van der Waals surface area contributed by atoms with E-state index in [1.807, 2.05) is 55.4 Å². The number of nitrogens with zero attached hydrogens (tertiary/aromatic N) is 6. The Kier molecular flexibility index (Phi) is 7.06. The number of carbonyl (C=O) groups excluding carboxylic acids is 1. The van der Waals surface area contributed by atoms with Gasteiger partial charge in [-0.25, -0.2) is 14.6 Å². The number of hydrogen-bond donors (Lipinski definition) is 2. The van der Waals surface area contributed by atoms with Crippen LogP contribution >= 0.6 is 15.9 Å². The molecule has 0 fully saturated rings. The zero-order valence-electron chi connectivity index (χ0n) is 18.2. The fourth-order valence-corrected chi connectivity index (χ4v) is 3.50. The highest BCUT2D eigenvalue weighted by atomic mass is 79.9. The van der Waals surface area contributed by atoms with Crippen LogP contribution in [0.1, 0.15) is 15.9 Å². The number of carbonyl (C=O) groups is 1. The van der Waals surface area contributed by atoms with Crippen LogP contribution in [0.5, 0.6) is 0 Å². The monoisotopic (exact) mass is 506 g/mol. The third-order valence-corrected chi connectivity index (χ3v) is 5.31. The van der Waals surface area contributed by atoms with Crippen molar-refractivity contribution < 1.29 is 4.79 Å². The van der Waals surface area contributed by atoms with E-state index in [0.29, 0.717) is 23.6 Å². The Bertz CT molecular complexity index is 1280. The lowest BCUT2D eigenvalue weighted by molar-refractivity contribution is 0.0951. The molecule has 0 radical (unpaired) electrons. The van der Waals surface area contributed by atoms with Crippen molar-refractivity contribution in [2.45, 2.75) is 0 Å². The van der Waals surface area contributed by atoms with Gasteiger partial charge in [0.15, 0.2) is 11.5 Å². The summed E-state index contributed by atoms with van der Waals surface area (Å²) in [6.45, 7) is 1.39. The smallest absolute Gasteiger partial charge is 0.251 e. The van der Waals surface area contributed by atoms with Crippen LogP contribution in [0.4, 0.5) is 5.82 Å². The summed E-state index contributed by atoms with van der Waals surface area (Å²) in [7, 11) is 3.94. The molecule has 168 valence electrons. The van der Waals surface area contributed by atoms with Crippen LogP contribution in [0.15, 0.2) is 70.6 Å². The number of amides is 1. The average Bonchev–Trinajstić information content (AvgIpc) is 3.24. The van der Waals surface area contributed by atoms with Gasteiger partial charge in [0.05, 0.1) is 23.5 Å². The Morgan fingerprint density at radius 2 is 2.00 bits per heavy atom. The molecule has 0 bridgehead atoms. The van der Waals surface area contributed by atoms with Crippen molar-refractivity contribution in [1.29, 1.82) is 0 Å². The highest BCUT2D eigenvalue weighted by molar-refractivity contribution is 9.10. The molecule has 4 aromatic rings. The van der Waals surface area contributed by atoms with Crippen LogP contribution in [0.25, 0.3) is 16.7 Å². The zero-order chi connectivity index (χ0) is 23.2. The largest absolute Gasteiger partial charge is 0.351 e. The fraction of sp³-hybridized carbons (Fsp3) is 0.174. The van der Waals surface area contributed by atoms with Gasteiger partial charge in [-0.2, -0.15) is 10.2 Å². The molecule has 2 heterocycles. The molecular formula is C23H23BrN8O. The third kappa shape index (κ3) is 5.60. The number of likely N-dealkylation sites (N-methyl/N-ethyl adjacent to an activating group) is 1. The molecule has 0 unspecified atom stereocenters. The summed E-state index contributed by atoms with van der Waals surface area (Å²) in [5.41, 5.74) is 5.98. The summed E-state index contributed by atoms with van der Waals surface area (Å²) in [6, 6.07) is 15.0. The van der Waals surface area contributed by atoms with Crippen molar-refractivity contribution in [3.63, 3.8) is 0 Å². The predicted octanol–water partition coefficient (Wildman–Crippen LogP) is 3.32. The maximum absolute atomic E-state index is 12.2. The number of halogens is 1. The zero-order valence-corrected chi connectivity index (χ0v) is 19.8. The second kappa shape index (κ2) is 10.3. The van der Waals surface area contributed by atoms with E-state index in [0.717, 1.165) is 27.7 Å². The lowest BCUT2D eigenvalue weighted by Gasteiger charge is -2.10. The van der Waals surface area contributed by atoms with Crippen LogP contribution in [0.2, 0.25) is 0 Å². The van der Waals surface area contributed by atoms with Gasteiger partial charge >= 0.3 is 0 Å². The van der Waals surface area contributed by atoms with Crippen LogP contribution in [-0.4, -0.2) is 64.0 Å². The number of aromatic nitrogens is 4. The lowest BCUT2D eigenvalue weighted by atomic mass is 10.1. The minimum atomic E-state index is -0.0932. The first-order valence-electron chi connectivity index (χ1n) is 10.3. The van der Waals surface area contributed by atoms with Gasteiger partial charge < -0.3 is 10.2 Å². The van der Waals surface area contributed by atoms with Crippen LogP contribution in [0, 0.1) is 0 Å². The fourth-order valence-electron chi connectivity index (χ4n) is 3.11. The van der Waals surface area contributed by atoms with Gasteiger partial charge in [0.1, 0.15) is 6.33 Å². The van der Waals surface area contributed by atoms with Gasteiger partial charge in [-0.15, -0.1) is 0 Å². The number of benzene rings is 2. The van der Waals surface area contributed by atoms with Crippen LogP contribution in [-0.2, 0) is 0 Å². The van der Waals surface area contributed by atoms with Crippen LogP contribution < -0.4 is 10.7 Å². The Morgan fingerprint density at radius 3 is 2.76 bits per heavy atom. The van der Waals surface area contributed by atoms with E-state index in [-0.39, 0.29) is 5.91 Å². The highest BCUT2D eigenvalue weighted by Gasteiger charge is 2.11. The van der Waals surface area contributed by atoms with Gasteiger partial charge in [-0.3, -0.25) is 10.2 Å². The standard InChI is InChI=1S/C23H23BrN8O/c1-31(2)11-10-25-23(33)17-8-6-16(7-9-17)13-28-30-21-20-14-29-32(22(20)27-15-26-21)19-5-3-4-18(24)12-19/h3-9,12-15H,10-11H2,1-2H3,(H,25,33)(H,26,27,30)/b28-13+. The van der Waals surface area contributed by atoms with E-state index in [1.165, 1.54) is 6.33 Å². The number of fused-ring (bicyclic) bond motifs is 1. The first-order chi connectivity index (χ1) is 16.0. The van der Waals surface area contributed by atoms with Crippen molar-refractivity contribution in [3.8, 4) is 5.69 Å². The molecule has 1 amide bonds. The Morgan fingerprint density at radius 1 is 1.18 bits per heavy atom. The Balaban J connectivity index is 1.43. The minimum Gasteiger partial charge on any atom is -0.351 e. The number of hydrazone groups is 1. The normalized spacial score (nSPS) is 11.4. The molecule has 0 saturated heterocycles. The number of nitrogens with one attached hydrogen (secondary N) is 2. The summed E-state index contributed by atoms with van der Waals surface area (Å²) in [5, 5.41) is 12.4. The molecule has 0 spiro atoms. The lowest BCUT2D eigenvalue weighted by Crippen LogP contribution is -2.31. The number of anilines is 1. The van der Waals surface area contributed by atoms with Gasteiger partial charge in [-0.1, -0.05) is 34.1 Å². The molecule has 9 nitrogen and oxygen atoms in total. The minimum absolute atomic E-state index is 0.0932. The second-order valence-corrected chi connectivity index (χ2v) is 8.46. The summed E-state index contributed by atoms with van der Waals surface area (Å²) in [4.78, 5) is 22.9. The maximum atomic E-state index is 12.2. The Hall–Kier alpha value is -3.63. The summed E-state index contributed by atoms with van der Waals surface area (Å²) in [5.74, 6) is 0.457. The maximum Gasteiger partial charge on any atom is 0.251 e. The van der Waals surface area contributed by atoms with Gasteiger partial charge in [0.2, 0.25) is 0 Å². The molecule has 2 aromatic heterocycles. The molecule has 0 atom stereocenters. The van der Waals surface area contributed by atoms with Crippen molar-refractivity contribution in [2.24, 2.45) is 5.10 Å². The molecule has 10 heteroatoms. The summed E-state index contributed by atoms with van der Waals surface area (Å²) in [6.07, 6.45) is 4.85. The predicted molar refractivity (Wildman–Crippen MR) is 133 cm³/mol. The van der Waals surface area contributed by atoms with Crippen molar-refractivity contribution in [3.05, 3.63) is 76.7 Å². The molecule has 2 aromatic carbocycles. The van der Waals surface area contributed by atoms with Gasteiger partial charge in [-0.05, 0) is 50.0 Å². The van der Waals surface area contributed by atoms with Crippen molar-refractivity contribution in [1.82, 2.24) is 30.0 Å².